The summed E-state index contributed by atoms with van der Waals surface area (Å²) in [4.78, 5) is 18.4. The Bertz CT molecular complexity index is 482. The third kappa shape index (κ3) is 6.05. The van der Waals surface area contributed by atoms with Crippen molar-refractivity contribution in [2.45, 2.75) is 45.2 Å². The molecule has 2 N–H and O–H groups in total. The van der Waals surface area contributed by atoms with Gasteiger partial charge in [-0.2, -0.15) is 11.3 Å². The Hall–Kier alpha value is -1.56. The van der Waals surface area contributed by atoms with E-state index >= 15 is 0 Å². The second-order valence-electron chi connectivity index (χ2n) is 5.67. The van der Waals surface area contributed by atoms with E-state index in [4.69, 9.17) is 0 Å². The number of thiophene rings is 1. The van der Waals surface area contributed by atoms with Crippen LogP contribution in [0.25, 0.3) is 0 Å². The maximum atomic E-state index is 11.6. The lowest BCUT2D eigenvalue weighted by atomic mass is 10.3. The molecular weight excluding hydrogens is 296 g/mol. The fourth-order valence-corrected chi connectivity index (χ4v) is 2.81. The largest absolute Gasteiger partial charge is 0.357 e. The van der Waals surface area contributed by atoms with Crippen molar-refractivity contribution in [1.82, 2.24) is 15.5 Å². The highest BCUT2D eigenvalue weighted by atomic mass is 32.1. The van der Waals surface area contributed by atoms with Crippen LogP contribution in [0.3, 0.4) is 0 Å². The van der Waals surface area contributed by atoms with Crippen molar-refractivity contribution in [2.24, 2.45) is 4.99 Å². The molecule has 0 unspecified atom stereocenters. The maximum Gasteiger partial charge on any atom is 0.220 e. The van der Waals surface area contributed by atoms with E-state index in [1.165, 1.54) is 5.56 Å². The van der Waals surface area contributed by atoms with Gasteiger partial charge in [0, 0.05) is 39.1 Å². The van der Waals surface area contributed by atoms with Gasteiger partial charge >= 0.3 is 0 Å². The molecule has 0 saturated heterocycles. The molecule has 1 aliphatic carbocycles. The SMILES string of the molecule is CCNC(=NCCCC(=O)NC1CC1)N(C)Cc1ccsc1. The van der Waals surface area contributed by atoms with Gasteiger partial charge in [0.1, 0.15) is 0 Å². The third-order valence-electron chi connectivity index (χ3n) is 3.46. The van der Waals surface area contributed by atoms with Gasteiger partial charge in [0.15, 0.2) is 5.96 Å². The summed E-state index contributed by atoms with van der Waals surface area (Å²) in [5, 5.41) is 10.6. The Balaban J connectivity index is 1.74. The topological polar surface area (TPSA) is 56.7 Å². The van der Waals surface area contributed by atoms with Gasteiger partial charge in [-0.05, 0) is 48.6 Å². The van der Waals surface area contributed by atoms with Crippen molar-refractivity contribution in [3.05, 3.63) is 22.4 Å². The molecule has 0 spiro atoms. The van der Waals surface area contributed by atoms with E-state index < -0.39 is 0 Å². The first-order valence-corrected chi connectivity index (χ1v) is 8.93. The molecule has 2 rings (SSSR count). The Morgan fingerprint density at radius 2 is 2.32 bits per heavy atom. The molecule has 1 heterocycles. The lowest BCUT2D eigenvalue weighted by Crippen LogP contribution is -2.38. The number of hydrogen-bond donors (Lipinski definition) is 2. The van der Waals surface area contributed by atoms with Crippen LogP contribution in [-0.4, -0.2) is 42.9 Å². The summed E-state index contributed by atoms with van der Waals surface area (Å²) in [6.07, 6.45) is 3.64. The van der Waals surface area contributed by atoms with E-state index in [1.807, 2.05) is 7.05 Å². The lowest BCUT2D eigenvalue weighted by Gasteiger charge is -2.21. The highest BCUT2D eigenvalue weighted by Crippen LogP contribution is 2.18. The molecule has 1 saturated carbocycles. The van der Waals surface area contributed by atoms with Crippen LogP contribution in [0.5, 0.6) is 0 Å². The molecular formula is C16H26N4OS. The van der Waals surface area contributed by atoms with Crippen molar-refractivity contribution < 1.29 is 4.79 Å². The van der Waals surface area contributed by atoms with Crippen LogP contribution in [0.2, 0.25) is 0 Å². The van der Waals surface area contributed by atoms with Crippen LogP contribution in [0.1, 0.15) is 38.2 Å². The first kappa shape index (κ1) is 16.8. The summed E-state index contributed by atoms with van der Waals surface area (Å²) in [6.45, 7) is 4.43. The summed E-state index contributed by atoms with van der Waals surface area (Å²) in [6, 6.07) is 2.58. The quantitative estimate of drug-likeness (QED) is 0.438. The van der Waals surface area contributed by atoms with Gasteiger partial charge in [0.05, 0.1) is 0 Å². The Labute approximate surface area is 136 Å². The van der Waals surface area contributed by atoms with Gasteiger partial charge in [-0.3, -0.25) is 9.79 Å². The Morgan fingerprint density at radius 3 is 2.95 bits per heavy atom. The first-order valence-electron chi connectivity index (χ1n) is 7.99. The average molecular weight is 322 g/mol. The molecule has 6 heteroatoms. The molecule has 5 nitrogen and oxygen atoms in total. The molecule has 0 bridgehead atoms. The fraction of sp³-hybridized carbons (Fsp3) is 0.625. The average Bonchev–Trinajstić information content (AvgIpc) is 3.15. The molecule has 1 amide bonds. The second-order valence-corrected chi connectivity index (χ2v) is 6.45. The predicted octanol–water partition coefficient (Wildman–Crippen LogP) is 2.20. The number of carbonyl (C=O) groups excluding carboxylic acids is 1. The Morgan fingerprint density at radius 1 is 1.50 bits per heavy atom. The van der Waals surface area contributed by atoms with Crippen molar-refractivity contribution in [3.8, 4) is 0 Å². The van der Waals surface area contributed by atoms with E-state index in [1.54, 1.807) is 11.3 Å². The molecule has 0 atom stereocenters. The normalized spacial score (nSPS) is 14.7. The van der Waals surface area contributed by atoms with Crippen molar-refractivity contribution in [3.63, 3.8) is 0 Å². The molecule has 0 aromatic carbocycles. The molecule has 1 aromatic rings. The predicted molar refractivity (Wildman–Crippen MR) is 92.2 cm³/mol. The van der Waals surface area contributed by atoms with Gasteiger partial charge < -0.3 is 15.5 Å². The number of nitrogens with zero attached hydrogens (tertiary/aromatic N) is 2. The summed E-state index contributed by atoms with van der Waals surface area (Å²) >= 11 is 1.71. The van der Waals surface area contributed by atoms with Crippen molar-refractivity contribution in [1.29, 1.82) is 0 Å². The fourth-order valence-electron chi connectivity index (χ4n) is 2.15. The number of hydrogen-bond acceptors (Lipinski definition) is 3. The highest BCUT2D eigenvalue weighted by Gasteiger charge is 2.22. The van der Waals surface area contributed by atoms with Crippen LogP contribution in [0, 0.1) is 0 Å². The molecule has 1 aliphatic rings. The molecule has 0 aliphatic heterocycles. The second kappa shape index (κ2) is 8.78. The zero-order valence-corrected chi connectivity index (χ0v) is 14.3. The molecule has 122 valence electrons. The minimum Gasteiger partial charge on any atom is -0.357 e. The van der Waals surface area contributed by atoms with Crippen molar-refractivity contribution in [2.75, 3.05) is 20.1 Å². The summed E-state index contributed by atoms with van der Waals surface area (Å²) in [5.41, 5.74) is 1.29. The van der Waals surface area contributed by atoms with E-state index in [0.29, 0.717) is 19.0 Å². The minimum atomic E-state index is 0.161. The minimum absolute atomic E-state index is 0.161. The van der Waals surface area contributed by atoms with Gasteiger partial charge in [-0.1, -0.05) is 0 Å². The Kier molecular flexibility index (Phi) is 6.71. The maximum absolute atomic E-state index is 11.6. The van der Waals surface area contributed by atoms with E-state index in [-0.39, 0.29) is 5.91 Å². The van der Waals surface area contributed by atoms with Gasteiger partial charge in [0.2, 0.25) is 5.91 Å². The number of amides is 1. The van der Waals surface area contributed by atoms with Gasteiger partial charge in [-0.25, -0.2) is 0 Å². The highest BCUT2D eigenvalue weighted by molar-refractivity contribution is 7.07. The van der Waals surface area contributed by atoms with Crippen molar-refractivity contribution >= 4 is 23.2 Å². The zero-order chi connectivity index (χ0) is 15.8. The number of guanidine groups is 1. The van der Waals surface area contributed by atoms with E-state index in [2.05, 4.69) is 44.3 Å². The number of carbonyl (C=O) groups is 1. The van der Waals surface area contributed by atoms with Gasteiger partial charge in [0.25, 0.3) is 0 Å². The van der Waals surface area contributed by atoms with Crippen LogP contribution < -0.4 is 10.6 Å². The number of aliphatic imine (C=N–C) groups is 1. The summed E-state index contributed by atoms with van der Waals surface area (Å²) in [7, 11) is 2.04. The number of nitrogens with one attached hydrogen (secondary N) is 2. The first-order chi connectivity index (χ1) is 10.7. The molecule has 22 heavy (non-hydrogen) atoms. The molecule has 0 radical (unpaired) electrons. The smallest absolute Gasteiger partial charge is 0.220 e. The van der Waals surface area contributed by atoms with E-state index in [9.17, 15) is 4.79 Å². The zero-order valence-electron chi connectivity index (χ0n) is 13.5. The summed E-state index contributed by atoms with van der Waals surface area (Å²) < 4.78 is 0. The van der Waals surface area contributed by atoms with Crippen LogP contribution in [0.4, 0.5) is 0 Å². The standard InChI is InChI=1S/C16H26N4OS/c1-3-17-16(20(2)11-13-8-10-22-12-13)18-9-4-5-15(21)19-14-6-7-14/h8,10,12,14H,3-7,9,11H2,1-2H3,(H,17,18)(H,19,21). The van der Waals surface area contributed by atoms with Gasteiger partial charge in [-0.15, -0.1) is 0 Å². The third-order valence-corrected chi connectivity index (χ3v) is 4.19. The van der Waals surface area contributed by atoms with Crippen LogP contribution in [0.15, 0.2) is 21.8 Å². The van der Waals surface area contributed by atoms with E-state index in [0.717, 1.165) is 38.3 Å². The molecule has 1 fully saturated rings. The summed E-state index contributed by atoms with van der Waals surface area (Å²) in [5.74, 6) is 1.06. The molecule has 1 aromatic heterocycles. The lowest BCUT2D eigenvalue weighted by molar-refractivity contribution is -0.121. The number of rotatable bonds is 8. The van der Waals surface area contributed by atoms with Crippen LogP contribution >= 0.6 is 11.3 Å². The monoisotopic (exact) mass is 322 g/mol. The van der Waals surface area contributed by atoms with Crippen LogP contribution in [-0.2, 0) is 11.3 Å².